The van der Waals surface area contributed by atoms with Gasteiger partial charge in [0.15, 0.2) is 17.3 Å². The van der Waals surface area contributed by atoms with Crippen LogP contribution in [0.4, 0.5) is 44.9 Å². The number of aromatic hydroxyl groups is 1. The highest BCUT2D eigenvalue weighted by molar-refractivity contribution is 7.17. The lowest BCUT2D eigenvalue weighted by molar-refractivity contribution is -0.120. The molecule has 5 amide bonds. The van der Waals surface area contributed by atoms with E-state index in [0.29, 0.717) is 69.8 Å². The van der Waals surface area contributed by atoms with Gasteiger partial charge in [0, 0.05) is 133 Å². The molecular weight excluding hydrogens is 1890 g/mol. The first-order chi connectivity index (χ1) is 72.1. The van der Waals surface area contributed by atoms with Crippen LogP contribution < -0.4 is 66.5 Å². The maximum absolute atomic E-state index is 12.8. The van der Waals surface area contributed by atoms with Gasteiger partial charge in [0.25, 0.3) is 11.8 Å². The van der Waals surface area contributed by atoms with Crippen LogP contribution in [0.5, 0.6) is 23.0 Å². The van der Waals surface area contributed by atoms with Crippen LogP contribution in [0.3, 0.4) is 0 Å². The van der Waals surface area contributed by atoms with Gasteiger partial charge in [-0.2, -0.15) is 5.26 Å². The summed E-state index contributed by atoms with van der Waals surface area (Å²) in [5.41, 5.74) is 19.6. The number of furan rings is 1. The number of likely N-dealkylation sites (N-methyl/N-ethyl adjacent to an activating group) is 2. The van der Waals surface area contributed by atoms with Gasteiger partial charge in [-0.15, -0.1) is 11.3 Å². The molecule has 6 aliphatic rings. The average molecular weight is 2030 g/mol. The Labute approximate surface area is 880 Å². The molecule has 3 fully saturated rings. The number of piperazine rings is 2. The second-order valence-corrected chi connectivity index (χ2v) is 40.5. The van der Waals surface area contributed by atoms with Crippen LogP contribution in [-0.2, 0) is 63.6 Å². The molecule has 3 aromatic heterocycles. The normalized spacial score (nSPS) is 15.4. The lowest BCUT2D eigenvalue weighted by atomic mass is 9.81. The average Bonchev–Trinajstić information content (AvgIpc) is 1.60. The highest BCUT2D eigenvalue weighted by Crippen LogP contribution is 2.47. The Hall–Kier alpha value is -15.2. The van der Waals surface area contributed by atoms with E-state index in [2.05, 4.69) is 153 Å². The molecule has 13 aromatic rings. The number of nitriles is 1. The van der Waals surface area contributed by atoms with E-state index in [9.17, 15) is 39.1 Å². The molecule has 4 aliphatic heterocycles. The van der Waals surface area contributed by atoms with Gasteiger partial charge in [0.2, 0.25) is 17.7 Å². The van der Waals surface area contributed by atoms with E-state index in [0.717, 1.165) is 214 Å². The molecule has 9 N–H and O–H groups in total. The zero-order valence-corrected chi connectivity index (χ0v) is 88.2. The van der Waals surface area contributed by atoms with Crippen LogP contribution >= 0.6 is 11.3 Å². The maximum Gasteiger partial charge on any atom is 0.341 e. The number of hydrogen-bond donors (Lipinski definition) is 9. The highest BCUT2D eigenvalue weighted by Gasteiger charge is 2.43. The van der Waals surface area contributed by atoms with Crippen molar-refractivity contribution in [2.75, 3.05) is 135 Å². The fourth-order valence-corrected chi connectivity index (χ4v) is 20.4. The molecule has 1 atom stereocenters. The third-order valence-electron chi connectivity index (χ3n) is 26.9. The molecule has 1 unspecified atom stereocenters. The number of methoxy groups -OCH3 is 2. The van der Waals surface area contributed by atoms with Crippen LogP contribution in [0.25, 0.3) is 17.5 Å². The Morgan fingerprint density at radius 2 is 1.22 bits per heavy atom. The Bertz CT molecular complexity index is 6690. The molecule has 2 saturated heterocycles. The second-order valence-electron chi connectivity index (χ2n) is 39.5. The predicted molar refractivity (Wildman–Crippen MR) is 598 cm³/mol. The number of amides is 5. The molecule has 0 bridgehead atoms. The number of aromatic nitrogens is 1. The zero-order valence-electron chi connectivity index (χ0n) is 87.4. The first-order valence-electron chi connectivity index (χ1n) is 51.6. The van der Waals surface area contributed by atoms with Crippen molar-refractivity contribution in [3.8, 4) is 40.5 Å². The van der Waals surface area contributed by atoms with Crippen molar-refractivity contribution in [1.29, 1.82) is 5.26 Å². The number of carbonyl (C=O) groups excluding carboxylic acids is 6. The monoisotopic (exact) mass is 2030 g/mol. The lowest BCUT2D eigenvalue weighted by Gasteiger charge is -2.42. The fraction of sp³-hybridized carbons (Fsp3) is 0.328. The van der Waals surface area contributed by atoms with Crippen LogP contribution in [-0.4, -0.2) is 155 Å². The number of nitrogens with one attached hydrogen (secondary N) is 8. The fourth-order valence-electron chi connectivity index (χ4n) is 19.2. The Morgan fingerprint density at radius 1 is 0.584 bits per heavy atom. The molecule has 0 spiro atoms. The van der Waals surface area contributed by atoms with Gasteiger partial charge >= 0.3 is 5.97 Å². The van der Waals surface area contributed by atoms with Crippen LogP contribution in [0.2, 0.25) is 0 Å². The molecule has 0 radical (unpaired) electrons. The van der Waals surface area contributed by atoms with Crippen molar-refractivity contribution < 1.29 is 57.2 Å². The number of aryl methyl sites for hydroxylation is 2. The molecule has 27 heteroatoms. The summed E-state index contributed by atoms with van der Waals surface area (Å²) in [6, 6.07) is 85.7. The molecule has 149 heavy (non-hydrogen) atoms. The Morgan fingerprint density at radius 3 is 1.88 bits per heavy atom. The van der Waals surface area contributed by atoms with E-state index in [1.165, 1.54) is 72.1 Å². The minimum atomic E-state index is -0.366. The highest BCUT2D eigenvalue weighted by atomic mass is 32.1. The van der Waals surface area contributed by atoms with Gasteiger partial charge < -0.3 is 90.6 Å². The number of thiophene rings is 1. The topological polar surface area (TPSA) is 319 Å². The number of para-hydroxylation sites is 2. The van der Waals surface area contributed by atoms with E-state index < -0.39 is 0 Å². The lowest BCUT2D eigenvalue weighted by Crippen LogP contribution is -2.55. The number of pyridine rings is 1. The second kappa shape index (κ2) is 54.0. The third kappa shape index (κ3) is 31.7. The quantitative estimate of drug-likeness (QED) is 0.0180. The Kier molecular flexibility index (Phi) is 39.7. The summed E-state index contributed by atoms with van der Waals surface area (Å²) >= 11 is 1.51. The van der Waals surface area contributed by atoms with Gasteiger partial charge in [-0.25, -0.2) is 9.78 Å². The predicted octanol–water partition coefficient (Wildman–Crippen LogP) is 23.2. The van der Waals surface area contributed by atoms with E-state index >= 15 is 0 Å². The molecule has 7 heterocycles. The number of esters is 1. The molecule has 19 rings (SSSR count). The van der Waals surface area contributed by atoms with Gasteiger partial charge in [-0.05, 0) is 304 Å². The summed E-state index contributed by atoms with van der Waals surface area (Å²) in [6.45, 7) is 25.5. The smallest absolute Gasteiger partial charge is 0.341 e. The summed E-state index contributed by atoms with van der Waals surface area (Å²) in [5.74, 6) is 2.64. The summed E-state index contributed by atoms with van der Waals surface area (Å²) in [5, 5.41) is 45.1. The van der Waals surface area contributed by atoms with E-state index in [-0.39, 0.29) is 64.3 Å². The number of nitrogens with zero attached hydrogens (tertiary/aromatic N) is 6. The van der Waals surface area contributed by atoms with Crippen molar-refractivity contribution in [2.24, 2.45) is 5.92 Å². The summed E-state index contributed by atoms with van der Waals surface area (Å²) in [4.78, 5) is 90.0. The van der Waals surface area contributed by atoms with Crippen molar-refractivity contribution >= 4 is 97.9 Å². The van der Waals surface area contributed by atoms with Crippen molar-refractivity contribution in [3.63, 3.8) is 0 Å². The van der Waals surface area contributed by atoms with Crippen molar-refractivity contribution in [1.82, 2.24) is 25.4 Å². The molecular formula is C122H140N14O12S. The minimum absolute atomic E-state index is 0.0403. The standard InChI is InChI=1S/2C25H27N3O2.C20H30N2O3S.C18H20N2O.C17H19N3O.C17H17NO3/c1-27-15-17-28(18-16-27)24-10-6-5-9-23(24)26-25(29)21-11-13-22(14-12-21)30-19-20-7-3-2-4-8-20;1-27-14-16-28(17-15-27)23-12-10-22(11-13-23)26-25(29)21-8-5-9-24(18-21)30-19-20-6-3-2-4-7-20;1-19(2)11-13-14(18(24)25-5)17(26-15(13)20(3,4)22-19)21-16(23)12-9-7-6-8-10-12;1-13-6-8-15(9-7-13)20-18(21)12-17-16-5-3-2-4-14(16)10-11-19-17;1-2-9-19-17-14(11-18)12-6-3-4-7-13(12)16(20-17)15-8-5-10-21-15;1-12-4-3-5-14(10-12)18-17(20)9-7-13-6-8-16(21-2)15(19)11-13/h2-14H,15-19H2,1H3,(H,26,29);2-13,18H,14-17,19H2,1H3,(H,26,29);12,22H,6-11H2,1-5H3,(H,21,23);2-9,17,19H,10-12H2,1H3,(H,20,21);5,8,10H,2-4,6-7,9H2,1H3,(H,19,20);3-11,19H,1-2H3,(H,18,20)/b;;;;;9-7+. The number of ether oxygens (including phenoxy) is 4. The van der Waals surface area contributed by atoms with Gasteiger partial charge in [0.05, 0.1) is 43.0 Å². The SMILES string of the molecule is CCCNc1nc(-c2ccco2)c2c(c1C#N)CCCC2.CN1CCN(c2ccc(NC(=O)c3cccc(OCc4ccccc4)c3)cc2)CC1.CN1CCN(c2ccccc2NC(=O)c2ccc(OCc3ccccc3)cc2)CC1.COC(=O)c1c(NC(=O)C2CCCCC2)sc2c1CC(C)(C)NC2(C)C.COc1ccc(/C=C/C(=O)Nc2cccc(C)c2)cc1O.Cc1ccc(NC(=O)CC2NCCc3ccccc32)cc1. The number of phenolic OH excluding ortho intramolecular Hbond substituents is 1. The molecule has 10 aromatic carbocycles. The van der Waals surface area contributed by atoms with Gasteiger partial charge in [0.1, 0.15) is 47.3 Å². The van der Waals surface area contributed by atoms with Crippen LogP contribution in [0.1, 0.15) is 196 Å². The summed E-state index contributed by atoms with van der Waals surface area (Å²) < 4.78 is 27.2. The van der Waals surface area contributed by atoms with Crippen LogP contribution in [0.15, 0.2) is 278 Å². The first-order valence-corrected chi connectivity index (χ1v) is 52.4. The number of phenols is 1. The summed E-state index contributed by atoms with van der Waals surface area (Å²) in [6.07, 6.45) is 17.4. The molecule has 776 valence electrons. The number of fused-ring (bicyclic) bond motifs is 3. The zero-order chi connectivity index (χ0) is 105. The number of carbonyl (C=O) groups is 6. The number of rotatable bonds is 26. The van der Waals surface area contributed by atoms with Crippen molar-refractivity contribution in [2.45, 2.75) is 162 Å². The molecule has 1 saturated carbocycles. The van der Waals surface area contributed by atoms with Crippen LogP contribution in [0, 0.1) is 31.1 Å². The third-order valence-corrected chi connectivity index (χ3v) is 28.4. The molecule has 26 nitrogen and oxygen atoms in total. The molecule has 2 aliphatic carbocycles. The van der Waals surface area contributed by atoms with Gasteiger partial charge in [-0.1, -0.05) is 165 Å². The van der Waals surface area contributed by atoms with Gasteiger partial charge in [-0.3, -0.25) is 24.0 Å². The summed E-state index contributed by atoms with van der Waals surface area (Å²) in [7, 11) is 7.17. The van der Waals surface area contributed by atoms with E-state index in [1.54, 1.807) is 48.7 Å². The first kappa shape index (κ1) is 110. The largest absolute Gasteiger partial charge is 0.504 e. The van der Waals surface area contributed by atoms with E-state index in [4.69, 9.17) is 28.3 Å². The number of benzene rings is 10. The number of hydrogen-bond acceptors (Lipinski definition) is 22. The minimum Gasteiger partial charge on any atom is -0.504 e. The number of anilines is 8. The van der Waals surface area contributed by atoms with E-state index in [1.807, 2.05) is 196 Å². The Balaban J connectivity index is 0.000000142. The maximum atomic E-state index is 12.8. The van der Waals surface area contributed by atoms with Crippen molar-refractivity contribution in [3.05, 3.63) is 356 Å².